The third kappa shape index (κ3) is 2.41. The number of morpholine rings is 1. The van der Waals surface area contributed by atoms with E-state index in [0.717, 1.165) is 39.4 Å². The van der Waals surface area contributed by atoms with Gasteiger partial charge in [0.05, 0.1) is 13.2 Å². The van der Waals surface area contributed by atoms with E-state index >= 15 is 0 Å². The number of nitrogens with one attached hydrogen (secondary N) is 1. The van der Waals surface area contributed by atoms with Crippen LogP contribution in [0.3, 0.4) is 0 Å². The molecule has 2 aliphatic rings. The zero-order valence-electron chi connectivity index (χ0n) is 10.1. The maximum absolute atomic E-state index is 5.53. The minimum atomic E-state index is 0.192. The van der Waals surface area contributed by atoms with Crippen molar-refractivity contribution < 1.29 is 4.74 Å². The van der Waals surface area contributed by atoms with E-state index in [2.05, 4.69) is 31.0 Å². The maximum atomic E-state index is 5.53. The van der Waals surface area contributed by atoms with E-state index in [9.17, 15) is 0 Å². The van der Waals surface area contributed by atoms with Crippen molar-refractivity contribution in [1.29, 1.82) is 0 Å². The molecule has 3 heteroatoms. The fraction of sp³-hybridized carbons (Fsp3) is 0.833. The molecule has 0 unspecified atom stereocenters. The highest BCUT2D eigenvalue weighted by molar-refractivity contribution is 5.22. The molecule has 0 spiro atoms. The quantitative estimate of drug-likeness (QED) is 0.689. The predicted molar refractivity (Wildman–Crippen MR) is 62.0 cm³/mol. The Bertz CT molecular complexity index is 265. The molecule has 86 valence electrons. The summed E-state index contributed by atoms with van der Waals surface area (Å²) in [6.07, 6.45) is 0. The minimum Gasteiger partial charge on any atom is -0.378 e. The Hall–Kier alpha value is -0.380. The standard InChI is InChI=1S/C12H22N2O/c1-10(11-6-13-7-11)8-14-4-5-15-9-12(14,2)3/h13H,4-9H2,1-3H3. The van der Waals surface area contributed by atoms with Gasteiger partial charge in [0.1, 0.15) is 0 Å². The van der Waals surface area contributed by atoms with Crippen LogP contribution in [0.4, 0.5) is 0 Å². The van der Waals surface area contributed by atoms with E-state index in [1.807, 2.05) is 0 Å². The SMILES string of the molecule is CC(CN1CCOCC1(C)C)=C1CNC1. The lowest BCUT2D eigenvalue weighted by Gasteiger charge is -2.43. The first-order valence-electron chi connectivity index (χ1n) is 5.80. The largest absolute Gasteiger partial charge is 0.378 e. The first-order chi connectivity index (χ1) is 7.09. The van der Waals surface area contributed by atoms with Gasteiger partial charge in [0.2, 0.25) is 0 Å². The van der Waals surface area contributed by atoms with Crippen LogP contribution in [-0.2, 0) is 4.74 Å². The molecule has 0 aromatic rings. The lowest BCUT2D eigenvalue weighted by atomic mass is 9.99. The van der Waals surface area contributed by atoms with Crippen molar-refractivity contribution in [3.63, 3.8) is 0 Å². The van der Waals surface area contributed by atoms with Crippen LogP contribution < -0.4 is 5.32 Å². The van der Waals surface area contributed by atoms with Crippen molar-refractivity contribution in [1.82, 2.24) is 10.2 Å². The molecule has 2 aliphatic heterocycles. The van der Waals surface area contributed by atoms with Crippen LogP contribution in [0.2, 0.25) is 0 Å². The second kappa shape index (κ2) is 4.24. The fourth-order valence-electron chi connectivity index (χ4n) is 2.13. The van der Waals surface area contributed by atoms with E-state index in [1.165, 1.54) is 0 Å². The van der Waals surface area contributed by atoms with E-state index in [4.69, 9.17) is 4.74 Å². The number of hydrogen-bond acceptors (Lipinski definition) is 3. The van der Waals surface area contributed by atoms with Gasteiger partial charge in [-0.2, -0.15) is 0 Å². The minimum absolute atomic E-state index is 0.192. The maximum Gasteiger partial charge on any atom is 0.0645 e. The van der Waals surface area contributed by atoms with Crippen LogP contribution >= 0.6 is 0 Å². The van der Waals surface area contributed by atoms with E-state index in [1.54, 1.807) is 11.1 Å². The molecule has 15 heavy (non-hydrogen) atoms. The third-order valence-electron chi connectivity index (χ3n) is 3.53. The Kier molecular flexibility index (Phi) is 3.14. The number of nitrogens with zero attached hydrogens (tertiary/aromatic N) is 1. The van der Waals surface area contributed by atoms with Gasteiger partial charge in [0.25, 0.3) is 0 Å². The molecule has 0 amide bonds. The average molecular weight is 210 g/mol. The molecule has 0 atom stereocenters. The summed E-state index contributed by atoms with van der Waals surface area (Å²) in [7, 11) is 0. The number of hydrogen-bond donors (Lipinski definition) is 1. The molecule has 0 aromatic carbocycles. The van der Waals surface area contributed by atoms with E-state index < -0.39 is 0 Å². The topological polar surface area (TPSA) is 24.5 Å². The van der Waals surface area contributed by atoms with Crippen molar-refractivity contribution in [2.45, 2.75) is 26.3 Å². The summed E-state index contributed by atoms with van der Waals surface area (Å²) < 4.78 is 5.53. The van der Waals surface area contributed by atoms with Gasteiger partial charge >= 0.3 is 0 Å². The van der Waals surface area contributed by atoms with Crippen molar-refractivity contribution in [2.24, 2.45) is 0 Å². The van der Waals surface area contributed by atoms with Crippen LogP contribution in [0.5, 0.6) is 0 Å². The van der Waals surface area contributed by atoms with Crippen LogP contribution in [0.1, 0.15) is 20.8 Å². The first kappa shape index (κ1) is 11.1. The molecule has 0 aliphatic carbocycles. The summed E-state index contributed by atoms with van der Waals surface area (Å²) in [6, 6.07) is 0. The highest BCUT2D eigenvalue weighted by Gasteiger charge is 2.30. The Labute approximate surface area is 92.5 Å². The molecule has 0 radical (unpaired) electrons. The van der Waals surface area contributed by atoms with Gasteiger partial charge in [-0.3, -0.25) is 4.90 Å². The van der Waals surface area contributed by atoms with Crippen LogP contribution in [0, 0.1) is 0 Å². The molecule has 0 saturated carbocycles. The molecule has 2 rings (SSSR count). The van der Waals surface area contributed by atoms with Crippen LogP contribution in [0.15, 0.2) is 11.1 Å². The lowest BCUT2D eigenvalue weighted by Crippen LogP contribution is -2.53. The number of ether oxygens (including phenoxy) is 1. The second-order valence-electron chi connectivity index (χ2n) is 5.27. The van der Waals surface area contributed by atoms with Gasteiger partial charge in [0, 0.05) is 31.7 Å². The van der Waals surface area contributed by atoms with E-state index in [0.29, 0.717) is 0 Å². The fourth-order valence-corrected chi connectivity index (χ4v) is 2.13. The normalized spacial score (nSPS) is 26.2. The lowest BCUT2D eigenvalue weighted by molar-refractivity contribution is -0.0463. The zero-order chi connectivity index (χ0) is 10.9. The molecule has 0 bridgehead atoms. The second-order valence-corrected chi connectivity index (χ2v) is 5.27. The van der Waals surface area contributed by atoms with Crippen LogP contribution in [-0.4, -0.2) is 49.8 Å². The molecule has 2 fully saturated rings. The van der Waals surface area contributed by atoms with Gasteiger partial charge in [-0.05, 0) is 26.3 Å². The van der Waals surface area contributed by atoms with Gasteiger partial charge < -0.3 is 10.1 Å². The number of rotatable bonds is 2. The molecular formula is C12H22N2O. The van der Waals surface area contributed by atoms with Gasteiger partial charge in [-0.1, -0.05) is 5.57 Å². The van der Waals surface area contributed by atoms with Crippen molar-refractivity contribution >= 4 is 0 Å². The van der Waals surface area contributed by atoms with Gasteiger partial charge in [-0.25, -0.2) is 0 Å². The van der Waals surface area contributed by atoms with E-state index in [-0.39, 0.29) is 5.54 Å². The Morgan fingerprint density at radius 1 is 1.47 bits per heavy atom. The summed E-state index contributed by atoms with van der Waals surface area (Å²) in [5.41, 5.74) is 3.33. The molecule has 2 saturated heterocycles. The van der Waals surface area contributed by atoms with Crippen molar-refractivity contribution in [3.8, 4) is 0 Å². The zero-order valence-corrected chi connectivity index (χ0v) is 10.1. The summed E-state index contributed by atoms with van der Waals surface area (Å²) in [4.78, 5) is 2.54. The van der Waals surface area contributed by atoms with Gasteiger partial charge in [0.15, 0.2) is 0 Å². The third-order valence-corrected chi connectivity index (χ3v) is 3.53. The molecular weight excluding hydrogens is 188 g/mol. The monoisotopic (exact) mass is 210 g/mol. The van der Waals surface area contributed by atoms with Crippen LogP contribution in [0.25, 0.3) is 0 Å². The predicted octanol–water partition coefficient (Wildman–Crippen LogP) is 1.02. The highest BCUT2D eigenvalue weighted by Crippen LogP contribution is 2.21. The van der Waals surface area contributed by atoms with Gasteiger partial charge in [-0.15, -0.1) is 0 Å². The summed E-state index contributed by atoms with van der Waals surface area (Å²) >= 11 is 0. The smallest absolute Gasteiger partial charge is 0.0645 e. The Balaban J connectivity index is 1.97. The summed E-state index contributed by atoms with van der Waals surface area (Å²) in [6.45, 7) is 12.9. The Morgan fingerprint density at radius 2 is 2.20 bits per heavy atom. The molecule has 2 heterocycles. The molecule has 3 nitrogen and oxygen atoms in total. The molecule has 1 N–H and O–H groups in total. The Morgan fingerprint density at radius 3 is 2.73 bits per heavy atom. The first-order valence-corrected chi connectivity index (χ1v) is 5.80. The van der Waals surface area contributed by atoms with Crippen molar-refractivity contribution in [2.75, 3.05) is 39.4 Å². The summed E-state index contributed by atoms with van der Waals surface area (Å²) in [5, 5.41) is 3.30. The molecule has 0 aromatic heterocycles. The summed E-state index contributed by atoms with van der Waals surface area (Å²) in [5.74, 6) is 0. The average Bonchev–Trinajstić information content (AvgIpc) is 2.05. The van der Waals surface area contributed by atoms with Crippen molar-refractivity contribution in [3.05, 3.63) is 11.1 Å². The highest BCUT2D eigenvalue weighted by atomic mass is 16.5.